The standard InChI is InChI=1S/C23H31N4O6.Al.2H/c1-23(2,3)32-22(30)25-17-12-10-16(11-13-17)19-15-18(26-33-19)21(29)24-14-8-6-5-7-9-20(28)27-31-4;;;/h10-13,15H,4-9,14H2,1-3H3,(H,24,29)(H,25,30)(H,27,28);;;. The molecule has 0 saturated carbocycles. The molecule has 1 heterocycles. The van der Waals surface area contributed by atoms with E-state index in [1.165, 1.54) is 0 Å². The third kappa shape index (κ3) is 10.4. The van der Waals surface area contributed by atoms with Crippen molar-refractivity contribution in [2.24, 2.45) is 0 Å². The molecular formula is C23H33AlN4O6. The molecule has 0 aliphatic rings. The van der Waals surface area contributed by atoms with E-state index in [0.717, 1.165) is 47.5 Å². The van der Waals surface area contributed by atoms with E-state index in [1.807, 2.05) is 0 Å². The minimum atomic E-state index is -0.580. The first-order valence-electron chi connectivity index (χ1n) is 11.4. The number of hydroxylamine groups is 1. The molecule has 0 fully saturated rings. The van der Waals surface area contributed by atoms with Gasteiger partial charge >= 0.3 is 6.09 Å². The number of carbonyl (C=O) groups excluding carboxylic acids is 3. The van der Waals surface area contributed by atoms with Crippen molar-refractivity contribution in [2.75, 3.05) is 17.3 Å². The largest absolute Gasteiger partial charge is 0.444 e. The van der Waals surface area contributed by atoms with E-state index in [9.17, 15) is 14.4 Å². The third-order valence-electron chi connectivity index (χ3n) is 4.50. The summed E-state index contributed by atoms with van der Waals surface area (Å²) in [6, 6.07) is 8.51. The maximum Gasteiger partial charge on any atom is 0.412 e. The van der Waals surface area contributed by atoms with E-state index in [0.29, 0.717) is 29.9 Å². The first-order chi connectivity index (χ1) is 16.2. The fourth-order valence-electron chi connectivity index (χ4n) is 2.92. The van der Waals surface area contributed by atoms with Crippen LogP contribution in [-0.4, -0.2) is 57.0 Å². The van der Waals surface area contributed by atoms with Crippen LogP contribution >= 0.6 is 0 Å². The van der Waals surface area contributed by atoms with E-state index in [1.54, 1.807) is 51.1 Å². The van der Waals surface area contributed by atoms with Gasteiger partial charge in [0.25, 0.3) is 22.2 Å². The second kappa shape index (κ2) is 13.7. The number of aromatic nitrogens is 1. The van der Waals surface area contributed by atoms with E-state index >= 15 is 0 Å². The Morgan fingerprint density at radius 1 is 1.06 bits per heavy atom. The first-order valence-corrected chi connectivity index (χ1v) is 12.9. The number of benzene rings is 1. The van der Waals surface area contributed by atoms with E-state index in [2.05, 4.69) is 21.3 Å². The highest BCUT2D eigenvalue weighted by Crippen LogP contribution is 2.23. The number of carbonyl (C=O) groups is 3. The van der Waals surface area contributed by atoms with Crippen molar-refractivity contribution in [3.8, 4) is 11.3 Å². The number of unbranched alkanes of at least 4 members (excludes halogenated alkanes) is 3. The molecule has 3 amide bonds. The fraction of sp³-hybridized carbons (Fsp3) is 0.478. The highest BCUT2D eigenvalue weighted by molar-refractivity contribution is 6.08. The molecule has 2 aromatic rings. The molecule has 0 saturated heterocycles. The first kappa shape index (κ1) is 27.4. The number of ether oxygens (including phenoxy) is 1. The lowest BCUT2D eigenvalue weighted by molar-refractivity contribution is -0.132. The smallest absolute Gasteiger partial charge is 0.412 e. The molecule has 0 radical (unpaired) electrons. The molecule has 10 nitrogen and oxygen atoms in total. The van der Waals surface area contributed by atoms with Gasteiger partial charge in [-0.1, -0.05) is 18.0 Å². The Morgan fingerprint density at radius 2 is 1.76 bits per heavy atom. The van der Waals surface area contributed by atoms with Crippen molar-refractivity contribution in [1.29, 1.82) is 0 Å². The normalized spacial score (nSPS) is 11.0. The minimum absolute atomic E-state index is 0.0973. The predicted octanol–water partition coefficient (Wildman–Crippen LogP) is 3.01. The molecular weight excluding hydrogens is 455 g/mol. The highest BCUT2D eigenvalue weighted by atomic mass is 27.0. The summed E-state index contributed by atoms with van der Waals surface area (Å²) in [4.78, 5) is 40.5. The summed E-state index contributed by atoms with van der Waals surface area (Å²) < 4.78 is 10.5. The molecule has 2 rings (SSSR count). The van der Waals surface area contributed by atoms with Gasteiger partial charge in [-0.3, -0.25) is 19.7 Å². The van der Waals surface area contributed by atoms with Crippen molar-refractivity contribution in [1.82, 2.24) is 16.0 Å². The molecule has 184 valence electrons. The van der Waals surface area contributed by atoms with Gasteiger partial charge in [0, 0.05) is 35.8 Å². The van der Waals surface area contributed by atoms with Crippen LogP contribution in [0.4, 0.5) is 10.5 Å². The maximum absolute atomic E-state index is 12.3. The predicted molar refractivity (Wildman–Crippen MR) is 130 cm³/mol. The van der Waals surface area contributed by atoms with Crippen LogP contribution in [0, 0.1) is 0 Å². The van der Waals surface area contributed by atoms with Gasteiger partial charge < -0.3 is 14.6 Å². The Kier molecular flexibility index (Phi) is 11.1. The minimum Gasteiger partial charge on any atom is -0.444 e. The van der Waals surface area contributed by atoms with Gasteiger partial charge in [-0.05, 0) is 57.9 Å². The summed E-state index contributed by atoms with van der Waals surface area (Å²) in [5.74, 6) is 0.0411. The van der Waals surface area contributed by atoms with Crippen LogP contribution in [0.5, 0.6) is 0 Å². The molecule has 0 atom stereocenters. The Morgan fingerprint density at radius 3 is 2.44 bits per heavy atom. The van der Waals surface area contributed by atoms with Crippen LogP contribution in [0.15, 0.2) is 34.9 Å². The Hall–Kier alpha value is -2.87. The molecule has 0 unspecified atom stereocenters. The SMILES string of the molecule is CC(C)(C)OC(=O)Nc1ccc(-c2cc(C(=O)NCCCCCCC(=O)NO[CH2][AlH2])no2)cc1. The summed E-state index contributed by atoms with van der Waals surface area (Å²) >= 11 is 0.884. The van der Waals surface area contributed by atoms with Gasteiger partial charge in [-0.2, -0.15) is 0 Å². The summed E-state index contributed by atoms with van der Waals surface area (Å²) in [6.45, 7) is 5.90. The lowest BCUT2D eigenvalue weighted by atomic mass is 10.1. The van der Waals surface area contributed by atoms with Gasteiger partial charge in [-0.25, -0.2) is 10.3 Å². The molecule has 1 aromatic heterocycles. The van der Waals surface area contributed by atoms with Crippen LogP contribution in [0.2, 0.25) is 0 Å². The second-order valence-corrected chi connectivity index (χ2v) is 9.24. The fourth-order valence-corrected chi connectivity index (χ4v) is 3.06. The third-order valence-corrected chi connectivity index (χ3v) is 4.79. The van der Waals surface area contributed by atoms with Crippen LogP contribution < -0.4 is 16.1 Å². The van der Waals surface area contributed by atoms with Gasteiger partial charge in [0.15, 0.2) is 11.5 Å². The lowest BCUT2D eigenvalue weighted by Crippen LogP contribution is -2.27. The highest BCUT2D eigenvalue weighted by Gasteiger charge is 2.17. The van der Waals surface area contributed by atoms with Crippen molar-refractivity contribution in [3.63, 3.8) is 0 Å². The van der Waals surface area contributed by atoms with Gasteiger partial charge in [0.05, 0.1) is 0 Å². The summed E-state index contributed by atoms with van der Waals surface area (Å²) in [5, 5.41) is 9.33. The quantitative estimate of drug-likeness (QED) is 0.238. The maximum atomic E-state index is 12.3. The molecule has 3 N–H and O–H groups in total. The topological polar surface area (TPSA) is 132 Å². The summed E-state index contributed by atoms with van der Waals surface area (Å²) in [6.07, 6.45) is 3.30. The van der Waals surface area contributed by atoms with Crippen LogP contribution in [0.3, 0.4) is 0 Å². The van der Waals surface area contributed by atoms with Crippen LogP contribution in [-0.2, 0) is 14.4 Å². The molecule has 0 aliphatic carbocycles. The van der Waals surface area contributed by atoms with Crippen molar-refractivity contribution < 1.29 is 28.5 Å². The number of hydrogen-bond donors (Lipinski definition) is 3. The zero-order valence-corrected chi connectivity index (χ0v) is 22.2. The summed E-state index contributed by atoms with van der Waals surface area (Å²) in [5.41, 5.74) is 3.89. The zero-order chi connectivity index (χ0) is 25.0. The molecule has 0 bridgehead atoms. The number of hydrogen-bond acceptors (Lipinski definition) is 7. The average Bonchev–Trinajstić information content (AvgIpc) is 3.26. The van der Waals surface area contributed by atoms with Crippen LogP contribution in [0.25, 0.3) is 11.3 Å². The van der Waals surface area contributed by atoms with E-state index < -0.39 is 11.7 Å². The van der Waals surface area contributed by atoms with E-state index in [-0.39, 0.29) is 17.5 Å². The van der Waals surface area contributed by atoms with Crippen molar-refractivity contribution in [3.05, 3.63) is 36.0 Å². The number of rotatable bonds is 12. The zero-order valence-electron chi connectivity index (χ0n) is 20.2. The van der Waals surface area contributed by atoms with Crippen molar-refractivity contribution >= 4 is 39.9 Å². The van der Waals surface area contributed by atoms with Gasteiger partial charge in [0.2, 0.25) is 5.91 Å². The van der Waals surface area contributed by atoms with Crippen LogP contribution in [0.1, 0.15) is 63.4 Å². The lowest BCUT2D eigenvalue weighted by Gasteiger charge is -2.19. The van der Waals surface area contributed by atoms with Crippen molar-refractivity contribution in [2.45, 2.75) is 58.5 Å². The molecule has 0 aliphatic heterocycles. The molecule has 34 heavy (non-hydrogen) atoms. The Balaban J connectivity index is 1.71. The number of nitrogens with zero attached hydrogens (tertiary/aromatic N) is 1. The van der Waals surface area contributed by atoms with Gasteiger partial charge in [0.1, 0.15) is 5.60 Å². The Bertz CT molecular complexity index is 940. The monoisotopic (exact) mass is 488 g/mol. The Labute approximate surface area is 207 Å². The number of nitrogens with one attached hydrogen (secondary N) is 3. The summed E-state index contributed by atoms with van der Waals surface area (Å²) in [7, 11) is 0. The average molecular weight is 489 g/mol. The molecule has 11 heteroatoms. The number of amides is 3. The van der Waals surface area contributed by atoms with Gasteiger partial charge in [-0.15, -0.1) is 0 Å². The second-order valence-electron chi connectivity index (χ2n) is 8.66. The number of anilines is 1. The molecule has 1 aromatic carbocycles. The van der Waals surface area contributed by atoms with E-state index in [4.69, 9.17) is 14.1 Å². The molecule has 0 spiro atoms.